The first-order valence-electron chi connectivity index (χ1n) is 5.75. The highest BCUT2D eigenvalue weighted by molar-refractivity contribution is 5.89. The van der Waals surface area contributed by atoms with Crippen LogP contribution in [0.1, 0.15) is 18.1 Å². The van der Waals surface area contributed by atoms with Crippen molar-refractivity contribution in [3.8, 4) is 0 Å². The molecule has 0 fully saturated rings. The number of fused-ring (bicyclic) bond motifs is 1. The molecule has 0 spiro atoms. The Morgan fingerprint density at radius 1 is 1.11 bits per heavy atom. The summed E-state index contributed by atoms with van der Waals surface area (Å²) in [5.41, 5.74) is 1.95. The SMILES string of the molecule is CC(=O)NCc1ccc(CN=O)c2ccccc12. The Morgan fingerprint density at radius 2 is 1.72 bits per heavy atom. The molecule has 0 unspecified atom stereocenters. The molecule has 0 aliphatic carbocycles. The van der Waals surface area contributed by atoms with Crippen molar-refractivity contribution in [1.82, 2.24) is 5.32 Å². The molecule has 18 heavy (non-hydrogen) atoms. The van der Waals surface area contributed by atoms with Crippen LogP contribution in [0.25, 0.3) is 10.8 Å². The summed E-state index contributed by atoms with van der Waals surface area (Å²) in [6, 6.07) is 11.6. The molecule has 2 aromatic rings. The summed E-state index contributed by atoms with van der Waals surface area (Å²) in [5, 5.41) is 7.78. The number of carbonyl (C=O) groups is 1. The van der Waals surface area contributed by atoms with E-state index >= 15 is 0 Å². The Bertz CT molecular complexity index is 593. The lowest BCUT2D eigenvalue weighted by Crippen LogP contribution is -2.19. The maximum absolute atomic E-state index is 11.0. The molecule has 1 amide bonds. The van der Waals surface area contributed by atoms with Crippen LogP contribution in [0.5, 0.6) is 0 Å². The molecule has 2 aromatic carbocycles. The van der Waals surface area contributed by atoms with Crippen LogP contribution in [0.15, 0.2) is 41.6 Å². The van der Waals surface area contributed by atoms with E-state index in [0.717, 1.165) is 21.9 Å². The van der Waals surface area contributed by atoms with E-state index in [1.807, 2.05) is 36.4 Å². The summed E-state index contributed by atoms with van der Waals surface area (Å²) in [6.07, 6.45) is 0. The van der Waals surface area contributed by atoms with Crippen molar-refractivity contribution in [2.24, 2.45) is 5.18 Å². The molecule has 0 aromatic heterocycles. The maximum atomic E-state index is 11.0. The van der Waals surface area contributed by atoms with Crippen LogP contribution in [0.4, 0.5) is 0 Å². The summed E-state index contributed by atoms with van der Waals surface area (Å²) >= 11 is 0. The fraction of sp³-hybridized carbons (Fsp3) is 0.214. The lowest BCUT2D eigenvalue weighted by molar-refractivity contribution is -0.119. The van der Waals surface area contributed by atoms with Gasteiger partial charge in [0.1, 0.15) is 6.54 Å². The second-order valence-corrected chi connectivity index (χ2v) is 4.13. The minimum atomic E-state index is -0.0577. The Morgan fingerprint density at radius 3 is 2.33 bits per heavy atom. The highest BCUT2D eigenvalue weighted by Crippen LogP contribution is 2.23. The number of nitroso groups, excluding NO2 is 1. The monoisotopic (exact) mass is 242 g/mol. The van der Waals surface area contributed by atoms with E-state index in [1.54, 1.807) is 0 Å². The standard InChI is InChI=1S/C14H14N2O2/c1-10(17)15-8-11-6-7-12(9-16-18)14-5-3-2-4-13(11)14/h2-7H,8-9H2,1H3,(H,15,17). The molecule has 0 radical (unpaired) electrons. The van der Waals surface area contributed by atoms with E-state index in [9.17, 15) is 9.70 Å². The van der Waals surface area contributed by atoms with Gasteiger partial charge in [-0.25, -0.2) is 0 Å². The zero-order valence-electron chi connectivity index (χ0n) is 10.1. The van der Waals surface area contributed by atoms with Crippen molar-refractivity contribution < 1.29 is 4.79 Å². The number of hydrogen-bond acceptors (Lipinski definition) is 3. The van der Waals surface area contributed by atoms with Gasteiger partial charge in [0.15, 0.2) is 0 Å². The van der Waals surface area contributed by atoms with Crippen molar-refractivity contribution in [2.45, 2.75) is 20.0 Å². The molecule has 4 heteroatoms. The van der Waals surface area contributed by atoms with Gasteiger partial charge < -0.3 is 5.32 Å². The predicted octanol–water partition coefficient (Wildman–Crippen LogP) is 2.74. The normalized spacial score (nSPS) is 10.3. The largest absolute Gasteiger partial charge is 0.352 e. The average molecular weight is 242 g/mol. The van der Waals surface area contributed by atoms with Gasteiger partial charge in [0.2, 0.25) is 5.91 Å². The van der Waals surface area contributed by atoms with Crippen molar-refractivity contribution >= 4 is 16.7 Å². The van der Waals surface area contributed by atoms with Crippen molar-refractivity contribution in [2.75, 3.05) is 0 Å². The van der Waals surface area contributed by atoms with Crippen LogP contribution in [0, 0.1) is 4.91 Å². The zero-order valence-corrected chi connectivity index (χ0v) is 10.1. The molecular formula is C14H14N2O2. The summed E-state index contributed by atoms with van der Waals surface area (Å²) in [7, 11) is 0. The number of nitrogens with zero attached hydrogens (tertiary/aromatic N) is 1. The first-order valence-corrected chi connectivity index (χ1v) is 5.75. The molecule has 0 aliphatic heterocycles. The Hall–Kier alpha value is -2.23. The first kappa shape index (κ1) is 12.2. The van der Waals surface area contributed by atoms with E-state index in [1.165, 1.54) is 6.92 Å². The van der Waals surface area contributed by atoms with Gasteiger partial charge in [-0.3, -0.25) is 4.79 Å². The van der Waals surface area contributed by atoms with E-state index in [0.29, 0.717) is 6.54 Å². The second kappa shape index (κ2) is 5.40. The minimum absolute atomic E-state index is 0.0577. The molecule has 0 saturated heterocycles. The highest BCUT2D eigenvalue weighted by Gasteiger charge is 2.06. The summed E-state index contributed by atoms with van der Waals surface area (Å²) in [4.78, 5) is 21.4. The molecule has 0 bridgehead atoms. The number of rotatable bonds is 4. The predicted molar refractivity (Wildman–Crippen MR) is 71.0 cm³/mol. The number of nitrogens with one attached hydrogen (secondary N) is 1. The fourth-order valence-electron chi connectivity index (χ4n) is 2.01. The maximum Gasteiger partial charge on any atom is 0.217 e. The zero-order chi connectivity index (χ0) is 13.0. The van der Waals surface area contributed by atoms with E-state index in [4.69, 9.17) is 0 Å². The van der Waals surface area contributed by atoms with Gasteiger partial charge in [0.25, 0.3) is 0 Å². The number of carbonyl (C=O) groups excluding carboxylic acids is 1. The molecule has 92 valence electrons. The molecule has 2 rings (SSSR count). The fourth-order valence-corrected chi connectivity index (χ4v) is 2.01. The van der Waals surface area contributed by atoms with Crippen molar-refractivity contribution in [3.05, 3.63) is 52.4 Å². The van der Waals surface area contributed by atoms with Crippen LogP contribution in [0.3, 0.4) is 0 Å². The molecule has 4 nitrogen and oxygen atoms in total. The van der Waals surface area contributed by atoms with Gasteiger partial charge in [-0.2, -0.15) is 4.91 Å². The average Bonchev–Trinajstić information content (AvgIpc) is 2.38. The highest BCUT2D eigenvalue weighted by atomic mass is 16.3. The second-order valence-electron chi connectivity index (χ2n) is 4.13. The van der Waals surface area contributed by atoms with E-state index in [-0.39, 0.29) is 12.5 Å². The number of amides is 1. The van der Waals surface area contributed by atoms with Gasteiger partial charge in [-0.1, -0.05) is 41.6 Å². The third-order valence-corrected chi connectivity index (χ3v) is 2.87. The topological polar surface area (TPSA) is 58.5 Å². The molecule has 0 heterocycles. The van der Waals surface area contributed by atoms with Gasteiger partial charge in [-0.15, -0.1) is 0 Å². The van der Waals surface area contributed by atoms with Crippen LogP contribution in [0.2, 0.25) is 0 Å². The Balaban J connectivity index is 2.46. The summed E-state index contributed by atoms with van der Waals surface area (Å²) in [6.45, 7) is 2.15. The van der Waals surface area contributed by atoms with Crippen LogP contribution >= 0.6 is 0 Å². The van der Waals surface area contributed by atoms with Crippen LogP contribution < -0.4 is 5.32 Å². The molecule has 0 aliphatic rings. The summed E-state index contributed by atoms with van der Waals surface area (Å²) in [5.74, 6) is -0.0577. The molecule has 1 N–H and O–H groups in total. The number of hydrogen-bond donors (Lipinski definition) is 1. The third kappa shape index (κ3) is 2.53. The Labute approximate surface area is 105 Å². The first-order chi connectivity index (χ1) is 8.72. The van der Waals surface area contributed by atoms with Crippen LogP contribution in [-0.4, -0.2) is 5.91 Å². The Kier molecular flexibility index (Phi) is 3.67. The van der Waals surface area contributed by atoms with Gasteiger partial charge in [-0.05, 0) is 21.9 Å². The molecule has 0 atom stereocenters. The third-order valence-electron chi connectivity index (χ3n) is 2.87. The smallest absolute Gasteiger partial charge is 0.217 e. The molecule has 0 saturated carbocycles. The quantitative estimate of drug-likeness (QED) is 0.838. The molecular weight excluding hydrogens is 228 g/mol. The lowest BCUT2D eigenvalue weighted by atomic mass is 9.99. The van der Waals surface area contributed by atoms with E-state index < -0.39 is 0 Å². The van der Waals surface area contributed by atoms with Crippen molar-refractivity contribution in [3.63, 3.8) is 0 Å². The number of benzene rings is 2. The van der Waals surface area contributed by atoms with Crippen LogP contribution in [-0.2, 0) is 17.9 Å². The minimum Gasteiger partial charge on any atom is -0.352 e. The van der Waals surface area contributed by atoms with E-state index in [2.05, 4.69) is 10.5 Å². The summed E-state index contributed by atoms with van der Waals surface area (Å²) < 4.78 is 0. The van der Waals surface area contributed by atoms with Gasteiger partial charge in [0, 0.05) is 13.5 Å². The van der Waals surface area contributed by atoms with Gasteiger partial charge >= 0.3 is 0 Å². The van der Waals surface area contributed by atoms with Gasteiger partial charge in [0.05, 0.1) is 0 Å². The van der Waals surface area contributed by atoms with Crippen molar-refractivity contribution in [1.29, 1.82) is 0 Å². The lowest BCUT2D eigenvalue weighted by Gasteiger charge is -2.10.